The summed E-state index contributed by atoms with van der Waals surface area (Å²) in [4.78, 5) is 4.49. The molecule has 0 spiro atoms. The van der Waals surface area contributed by atoms with Crippen LogP contribution in [0.2, 0.25) is 0 Å². The second kappa shape index (κ2) is 8.47. The van der Waals surface area contributed by atoms with Gasteiger partial charge in [-0.3, -0.25) is 0 Å². The average molecular weight is 453 g/mol. The molecule has 3 heteroatoms. The molecular formula is C26H33BrN2. The Balaban J connectivity index is 2.31. The zero-order chi connectivity index (χ0) is 21.5. The maximum atomic E-state index is 4.49. The third-order valence-electron chi connectivity index (χ3n) is 5.83. The third-order valence-corrected chi connectivity index (χ3v) is 6.29. The number of hydrogen-bond donors (Lipinski definition) is 0. The van der Waals surface area contributed by atoms with E-state index in [2.05, 4.69) is 111 Å². The van der Waals surface area contributed by atoms with E-state index in [4.69, 9.17) is 0 Å². The number of benzene rings is 2. The molecule has 0 atom stereocenters. The highest BCUT2D eigenvalue weighted by molar-refractivity contribution is 9.10. The van der Waals surface area contributed by atoms with Crippen LogP contribution in [-0.2, 0) is 0 Å². The highest BCUT2D eigenvalue weighted by atomic mass is 79.9. The van der Waals surface area contributed by atoms with Crippen molar-refractivity contribution < 1.29 is 0 Å². The van der Waals surface area contributed by atoms with Crippen molar-refractivity contribution in [2.45, 2.75) is 73.1 Å². The van der Waals surface area contributed by atoms with Crippen molar-refractivity contribution in [2.75, 3.05) is 0 Å². The highest BCUT2D eigenvalue weighted by Crippen LogP contribution is 2.40. The lowest BCUT2D eigenvalue weighted by atomic mass is 9.82. The molecular weight excluding hydrogens is 420 g/mol. The summed E-state index contributed by atoms with van der Waals surface area (Å²) in [5.74, 6) is 1.44. The van der Waals surface area contributed by atoms with Crippen LogP contribution in [0.1, 0.15) is 87.4 Å². The van der Waals surface area contributed by atoms with Crippen LogP contribution in [-0.4, -0.2) is 9.55 Å². The van der Waals surface area contributed by atoms with Crippen LogP contribution in [0.5, 0.6) is 0 Å². The molecule has 0 saturated carbocycles. The van der Waals surface area contributed by atoms with Crippen molar-refractivity contribution in [2.24, 2.45) is 0 Å². The first-order valence-electron chi connectivity index (χ1n) is 10.6. The Morgan fingerprint density at radius 2 is 1.38 bits per heavy atom. The molecule has 2 aromatic carbocycles. The van der Waals surface area contributed by atoms with Gasteiger partial charge in [-0.05, 0) is 77.6 Å². The number of rotatable bonds is 5. The van der Waals surface area contributed by atoms with Crippen LogP contribution < -0.4 is 0 Å². The fraction of sp³-hybridized carbons (Fsp3) is 0.423. The molecule has 1 heterocycles. The maximum Gasteiger partial charge on any atom is 0.0997 e. The van der Waals surface area contributed by atoms with Crippen LogP contribution >= 0.6 is 15.9 Å². The fourth-order valence-electron chi connectivity index (χ4n) is 3.91. The van der Waals surface area contributed by atoms with Crippen molar-refractivity contribution in [3.8, 4) is 16.8 Å². The first-order valence-corrected chi connectivity index (χ1v) is 11.4. The average Bonchev–Trinajstić information content (AvgIpc) is 2.98. The van der Waals surface area contributed by atoms with E-state index in [1.807, 2.05) is 6.33 Å². The minimum absolute atomic E-state index is 0.459. The predicted molar refractivity (Wildman–Crippen MR) is 128 cm³/mol. The Kier molecular flexibility index (Phi) is 6.38. The molecule has 0 radical (unpaired) electrons. The third kappa shape index (κ3) is 4.35. The van der Waals surface area contributed by atoms with Gasteiger partial charge in [-0.25, -0.2) is 4.98 Å². The summed E-state index contributed by atoms with van der Waals surface area (Å²) in [6, 6.07) is 11.6. The van der Waals surface area contributed by atoms with E-state index >= 15 is 0 Å². The molecule has 154 valence electrons. The summed E-state index contributed by atoms with van der Waals surface area (Å²) in [6.07, 6.45) is 1.92. The van der Waals surface area contributed by atoms with Gasteiger partial charge >= 0.3 is 0 Å². The van der Waals surface area contributed by atoms with Crippen molar-refractivity contribution >= 4 is 15.9 Å². The molecule has 0 saturated heterocycles. The molecule has 0 aliphatic carbocycles. The largest absolute Gasteiger partial charge is 0.303 e. The Morgan fingerprint density at radius 1 is 0.793 bits per heavy atom. The smallest absolute Gasteiger partial charge is 0.0997 e. The lowest BCUT2D eigenvalue weighted by Crippen LogP contribution is -2.04. The lowest BCUT2D eigenvalue weighted by Gasteiger charge is -2.24. The zero-order valence-corrected chi connectivity index (χ0v) is 20.6. The van der Waals surface area contributed by atoms with E-state index in [0.717, 1.165) is 15.9 Å². The summed E-state index contributed by atoms with van der Waals surface area (Å²) in [6.45, 7) is 18.0. The molecule has 0 amide bonds. The van der Waals surface area contributed by atoms with Crippen molar-refractivity contribution in [1.29, 1.82) is 0 Å². The van der Waals surface area contributed by atoms with E-state index in [9.17, 15) is 0 Å². The topological polar surface area (TPSA) is 17.8 Å². The fourth-order valence-corrected chi connectivity index (χ4v) is 4.39. The first-order chi connectivity index (χ1) is 13.6. The number of aromatic nitrogens is 2. The second-order valence-corrected chi connectivity index (χ2v) is 9.94. The summed E-state index contributed by atoms with van der Waals surface area (Å²) >= 11 is 3.77. The number of hydrogen-bond acceptors (Lipinski definition) is 1. The minimum atomic E-state index is 0.459. The van der Waals surface area contributed by atoms with Crippen LogP contribution in [0.4, 0.5) is 0 Å². The second-order valence-electron chi connectivity index (χ2n) is 9.02. The van der Waals surface area contributed by atoms with Crippen molar-refractivity contribution in [3.05, 3.63) is 69.2 Å². The molecule has 0 bridgehead atoms. The van der Waals surface area contributed by atoms with Gasteiger partial charge < -0.3 is 4.57 Å². The monoisotopic (exact) mass is 452 g/mol. The summed E-state index contributed by atoms with van der Waals surface area (Å²) in [5.41, 5.74) is 10.3. The molecule has 2 nitrogen and oxygen atoms in total. The van der Waals surface area contributed by atoms with E-state index in [-0.39, 0.29) is 0 Å². The van der Waals surface area contributed by atoms with Gasteiger partial charge in [-0.15, -0.1) is 0 Å². The van der Waals surface area contributed by atoms with Gasteiger partial charge in [-0.2, -0.15) is 0 Å². The van der Waals surface area contributed by atoms with Crippen LogP contribution in [0.25, 0.3) is 16.8 Å². The molecule has 0 aliphatic rings. The Labute approximate surface area is 184 Å². The number of nitrogens with zero attached hydrogens (tertiary/aromatic N) is 2. The molecule has 0 fully saturated rings. The van der Waals surface area contributed by atoms with E-state index in [0.29, 0.717) is 17.8 Å². The lowest BCUT2D eigenvalue weighted by molar-refractivity contribution is 0.807. The van der Waals surface area contributed by atoms with Crippen molar-refractivity contribution in [3.63, 3.8) is 0 Å². The molecule has 29 heavy (non-hydrogen) atoms. The van der Waals surface area contributed by atoms with E-state index < -0.39 is 0 Å². The van der Waals surface area contributed by atoms with Gasteiger partial charge in [0.2, 0.25) is 0 Å². The SMILES string of the molecule is Cc1ncn(-c2cc(Br)cc(-c3c(C(C)C)cc(C(C)C)cc3C(C)C)c2)c1C. The molecule has 1 aromatic heterocycles. The normalized spacial score (nSPS) is 11.9. The van der Waals surface area contributed by atoms with Gasteiger partial charge in [0.1, 0.15) is 0 Å². The minimum Gasteiger partial charge on any atom is -0.303 e. The van der Waals surface area contributed by atoms with Crippen LogP contribution in [0.3, 0.4) is 0 Å². The van der Waals surface area contributed by atoms with Gasteiger partial charge in [0, 0.05) is 15.9 Å². The zero-order valence-electron chi connectivity index (χ0n) is 19.0. The van der Waals surface area contributed by atoms with Gasteiger partial charge in [-0.1, -0.05) is 69.6 Å². The molecule has 0 aliphatic heterocycles. The van der Waals surface area contributed by atoms with E-state index in [1.54, 1.807) is 0 Å². The molecule has 0 N–H and O–H groups in total. The summed E-state index contributed by atoms with van der Waals surface area (Å²) in [7, 11) is 0. The molecule has 3 aromatic rings. The molecule has 3 rings (SSSR count). The quantitative estimate of drug-likeness (QED) is 0.380. The predicted octanol–water partition coefficient (Wildman–Crippen LogP) is 8.29. The molecule has 0 unspecified atom stereocenters. The van der Waals surface area contributed by atoms with Gasteiger partial charge in [0.25, 0.3) is 0 Å². The van der Waals surface area contributed by atoms with Gasteiger partial charge in [0.05, 0.1) is 12.0 Å². The Bertz CT molecular complexity index is 996. The van der Waals surface area contributed by atoms with Crippen molar-refractivity contribution in [1.82, 2.24) is 9.55 Å². The van der Waals surface area contributed by atoms with Crippen LogP contribution in [0.15, 0.2) is 41.1 Å². The van der Waals surface area contributed by atoms with Gasteiger partial charge in [0.15, 0.2) is 0 Å². The van der Waals surface area contributed by atoms with E-state index in [1.165, 1.54) is 33.5 Å². The number of aryl methyl sites for hydroxylation is 1. The number of halogens is 1. The highest BCUT2D eigenvalue weighted by Gasteiger charge is 2.19. The Hall–Kier alpha value is -1.87. The maximum absolute atomic E-state index is 4.49. The standard InChI is InChI=1S/C26H33BrN2/c1-15(2)20-11-24(16(3)4)26(25(12-20)17(5)6)21-9-22(27)13-23(10-21)29-14-28-18(7)19(29)8/h9-17H,1-8H3. The summed E-state index contributed by atoms with van der Waals surface area (Å²) < 4.78 is 3.27. The first kappa shape index (κ1) is 21.8. The summed E-state index contributed by atoms with van der Waals surface area (Å²) in [5, 5.41) is 0. The Morgan fingerprint density at radius 3 is 1.83 bits per heavy atom. The van der Waals surface area contributed by atoms with Crippen LogP contribution in [0, 0.1) is 13.8 Å². The number of imidazole rings is 1.